The highest BCUT2D eigenvalue weighted by Crippen LogP contribution is 2.17. The number of carbonyl (C=O) groups excluding carboxylic acids is 1. The summed E-state index contributed by atoms with van der Waals surface area (Å²) < 4.78 is 0. The molecule has 1 amide bonds. The van der Waals surface area contributed by atoms with Crippen LogP contribution >= 0.6 is 11.3 Å². The zero-order valence-electron chi connectivity index (χ0n) is 13.3. The smallest absolute Gasteiger partial charge is 0.220 e. The van der Waals surface area contributed by atoms with Crippen molar-refractivity contribution in [2.75, 3.05) is 6.61 Å². The van der Waals surface area contributed by atoms with Crippen molar-refractivity contribution < 1.29 is 15.0 Å². The van der Waals surface area contributed by atoms with E-state index < -0.39 is 0 Å². The molecule has 0 spiro atoms. The summed E-state index contributed by atoms with van der Waals surface area (Å²) in [5.74, 6) is 0.179. The summed E-state index contributed by atoms with van der Waals surface area (Å²) in [5, 5.41) is 21.6. The van der Waals surface area contributed by atoms with E-state index in [1.807, 2.05) is 0 Å². The second-order valence-electron chi connectivity index (χ2n) is 5.68. The van der Waals surface area contributed by atoms with E-state index in [1.165, 1.54) is 9.75 Å². The number of hydrogen-bond acceptors (Lipinski definition) is 4. The van der Waals surface area contributed by atoms with Crippen molar-refractivity contribution in [3.05, 3.63) is 51.7 Å². The van der Waals surface area contributed by atoms with Crippen molar-refractivity contribution in [1.82, 2.24) is 5.32 Å². The summed E-state index contributed by atoms with van der Waals surface area (Å²) in [6.45, 7) is 1.98. The molecule has 1 heterocycles. The first-order chi connectivity index (χ1) is 11.1. The maximum Gasteiger partial charge on any atom is 0.220 e. The van der Waals surface area contributed by atoms with Crippen LogP contribution in [-0.4, -0.2) is 28.8 Å². The van der Waals surface area contributed by atoms with Gasteiger partial charge >= 0.3 is 0 Å². The fourth-order valence-electron chi connectivity index (χ4n) is 2.42. The lowest BCUT2D eigenvalue weighted by Crippen LogP contribution is -2.39. The number of nitrogens with one attached hydrogen (secondary N) is 1. The van der Waals surface area contributed by atoms with E-state index in [-0.39, 0.29) is 24.3 Å². The predicted octanol–water partition coefficient (Wildman–Crippen LogP) is 2.80. The molecule has 1 aromatic carbocycles. The Morgan fingerprint density at radius 1 is 1.22 bits per heavy atom. The Morgan fingerprint density at radius 2 is 1.96 bits per heavy atom. The lowest BCUT2D eigenvalue weighted by molar-refractivity contribution is -0.122. The first-order valence-electron chi connectivity index (χ1n) is 7.80. The summed E-state index contributed by atoms with van der Waals surface area (Å²) >= 11 is 1.77. The van der Waals surface area contributed by atoms with Crippen molar-refractivity contribution in [3.8, 4) is 5.75 Å². The second-order valence-corrected chi connectivity index (χ2v) is 7.06. The number of aliphatic hydroxyl groups is 1. The molecular weight excluding hydrogens is 310 g/mol. The molecule has 1 aromatic heterocycles. The Morgan fingerprint density at radius 3 is 2.57 bits per heavy atom. The summed E-state index contributed by atoms with van der Waals surface area (Å²) in [6, 6.07) is 10.7. The average Bonchev–Trinajstić information content (AvgIpc) is 2.94. The van der Waals surface area contributed by atoms with Crippen LogP contribution < -0.4 is 5.32 Å². The number of hydrogen-bond donors (Lipinski definition) is 3. The summed E-state index contributed by atoms with van der Waals surface area (Å²) in [4.78, 5) is 14.6. The number of phenols is 1. The van der Waals surface area contributed by atoms with Crippen LogP contribution in [0.1, 0.15) is 28.2 Å². The van der Waals surface area contributed by atoms with Crippen LogP contribution in [0.2, 0.25) is 0 Å². The van der Waals surface area contributed by atoms with Gasteiger partial charge in [0.2, 0.25) is 5.91 Å². The number of aliphatic hydroxyl groups excluding tert-OH is 1. The molecule has 1 atom stereocenters. The Hall–Kier alpha value is -1.85. The summed E-state index contributed by atoms with van der Waals surface area (Å²) in [5.41, 5.74) is 0.969. The van der Waals surface area contributed by atoms with Crippen molar-refractivity contribution in [2.24, 2.45) is 0 Å². The molecular formula is C18H23NO3S. The summed E-state index contributed by atoms with van der Waals surface area (Å²) in [6.07, 6.45) is 2.73. The van der Waals surface area contributed by atoms with Crippen molar-refractivity contribution in [3.63, 3.8) is 0 Å². The van der Waals surface area contributed by atoms with Gasteiger partial charge in [0.05, 0.1) is 12.6 Å². The van der Waals surface area contributed by atoms with E-state index in [9.17, 15) is 15.0 Å². The molecule has 0 fully saturated rings. The molecule has 124 valence electrons. The molecule has 3 N–H and O–H groups in total. The fourth-order valence-corrected chi connectivity index (χ4v) is 3.35. The first kappa shape index (κ1) is 17.5. The van der Waals surface area contributed by atoms with E-state index in [1.54, 1.807) is 35.6 Å². The third-order valence-electron chi connectivity index (χ3n) is 3.63. The highest BCUT2D eigenvalue weighted by molar-refractivity contribution is 7.11. The van der Waals surface area contributed by atoms with E-state index in [0.29, 0.717) is 12.8 Å². The van der Waals surface area contributed by atoms with Crippen LogP contribution in [0.5, 0.6) is 5.75 Å². The molecule has 0 aliphatic rings. The third-order valence-corrected chi connectivity index (χ3v) is 4.69. The number of rotatable bonds is 8. The molecule has 23 heavy (non-hydrogen) atoms. The maximum atomic E-state index is 12.0. The monoisotopic (exact) mass is 333 g/mol. The molecule has 0 saturated carbocycles. The van der Waals surface area contributed by atoms with Crippen molar-refractivity contribution in [1.29, 1.82) is 0 Å². The topological polar surface area (TPSA) is 69.6 Å². The number of thiophene rings is 1. The molecule has 0 aliphatic carbocycles. The zero-order chi connectivity index (χ0) is 16.7. The van der Waals surface area contributed by atoms with Gasteiger partial charge in [0.1, 0.15) is 5.75 Å². The number of phenolic OH excluding ortho intramolecular Hbond substituents is 1. The van der Waals surface area contributed by atoms with E-state index >= 15 is 0 Å². The summed E-state index contributed by atoms with van der Waals surface area (Å²) in [7, 11) is 0. The number of carbonyl (C=O) groups is 1. The normalized spacial score (nSPS) is 12.1. The van der Waals surface area contributed by atoms with Gasteiger partial charge in [-0.2, -0.15) is 0 Å². The van der Waals surface area contributed by atoms with Gasteiger partial charge in [-0.3, -0.25) is 4.79 Å². The second kappa shape index (κ2) is 8.70. The molecule has 0 radical (unpaired) electrons. The van der Waals surface area contributed by atoms with E-state index in [0.717, 1.165) is 18.4 Å². The van der Waals surface area contributed by atoms with Crippen molar-refractivity contribution >= 4 is 17.2 Å². The Kier molecular flexibility index (Phi) is 6.62. The lowest BCUT2D eigenvalue weighted by Gasteiger charge is -2.16. The number of benzene rings is 1. The van der Waals surface area contributed by atoms with Crippen LogP contribution in [-0.2, 0) is 17.6 Å². The number of aromatic hydroxyl groups is 1. The molecule has 2 aromatic rings. The van der Waals surface area contributed by atoms with Gasteiger partial charge < -0.3 is 15.5 Å². The van der Waals surface area contributed by atoms with Crippen LogP contribution in [0.4, 0.5) is 0 Å². The quantitative estimate of drug-likeness (QED) is 0.696. The Balaban J connectivity index is 1.74. The molecule has 0 aliphatic heterocycles. The van der Waals surface area contributed by atoms with Gasteiger partial charge in [-0.15, -0.1) is 11.3 Å². The SMILES string of the molecule is Cc1ccc(CCCC(=O)N[C@H](CO)Cc2ccc(O)cc2)s1. The van der Waals surface area contributed by atoms with E-state index in [2.05, 4.69) is 24.4 Å². The molecule has 4 nitrogen and oxygen atoms in total. The highest BCUT2D eigenvalue weighted by atomic mass is 32.1. The van der Waals surface area contributed by atoms with Gasteiger partial charge in [0.25, 0.3) is 0 Å². The third kappa shape index (κ3) is 6.04. The number of amides is 1. The first-order valence-corrected chi connectivity index (χ1v) is 8.62. The van der Waals surface area contributed by atoms with Crippen LogP contribution in [0, 0.1) is 6.92 Å². The zero-order valence-corrected chi connectivity index (χ0v) is 14.1. The molecule has 0 saturated heterocycles. The minimum atomic E-state index is -0.295. The molecule has 5 heteroatoms. The minimum absolute atomic E-state index is 0.0314. The largest absolute Gasteiger partial charge is 0.508 e. The molecule has 2 rings (SSSR count). The lowest BCUT2D eigenvalue weighted by atomic mass is 10.1. The molecule has 0 bridgehead atoms. The highest BCUT2D eigenvalue weighted by Gasteiger charge is 2.12. The van der Waals surface area contributed by atoms with Gasteiger partial charge in [-0.25, -0.2) is 0 Å². The van der Waals surface area contributed by atoms with Gasteiger partial charge in [-0.1, -0.05) is 12.1 Å². The molecule has 0 unspecified atom stereocenters. The van der Waals surface area contributed by atoms with Crippen LogP contribution in [0.15, 0.2) is 36.4 Å². The van der Waals surface area contributed by atoms with Gasteiger partial charge in [-0.05, 0) is 56.0 Å². The van der Waals surface area contributed by atoms with Crippen molar-refractivity contribution in [2.45, 2.75) is 38.6 Å². The van der Waals surface area contributed by atoms with Crippen LogP contribution in [0.3, 0.4) is 0 Å². The Labute approximate surface area is 140 Å². The standard InChI is InChI=1S/C18H23NO3S/c1-13-5-10-17(23-13)3-2-4-18(22)19-15(12-20)11-14-6-8-16(21)9-7-14/h5-10,15,20-21H,2-4,11-12H2,1H3,(H,19,22)/t15-/m0/s1. The average molecular weight is 333 g/mol. The van der Waals surface area contributed by atoms with Gasteiger partial charge in [0, 0.05) is 16.2 Å². The number of aryl methyl sites for hydroxylation is 2. The van der Waals surface area contributed by atoms with Gasteiger partial charge in [0.15, 0.2) is 0 Å². The maximum absolute atomic E-state index is 12.0. The fraction of sp³-hybridized carbons (Fsp3) is 0.389. The van der Waals surface area contributed by atoms with Crippen LogP contribution in [0.25, 0.3) is 0 Å². The predicted molar refractivity (Wildman–Crippen MR) is 92.8 cm³/mol. The Bertz CT molecular complexity index is 621. The minimum Gasteiger partial charge on any atom is -0.508 e. The van der Waals surface area contributed by atoms with E-state index in [4.69, 9.17) is 0 Å².